The van der Waals surface area contributed by atoms with Crippen LogP contribution in [0, 0.1) is 0 Å². The number of hydrogen-bond acceptors (Lipinski definition) is 4. The van der Waals surface area contributed by atoms with Crippen molar-refractivity contribution >= 4 is 31.9 Å². The van der Waals surface area contributed by atoms with E-state index < -0.39 is 0 Å². The number of likely N-dealkylation sites (N-methyl/N-ethyl adjacent to an activating group) is 2. The van der Waals surface area contributed by atoms with Crippen molar-refractivity contribution in [2.75, 3.05) is 33.7 Å². The average molecular weight is 397 g/mol. The molecular formula is C13H23Br2N3O. The van der Waals surface area contributed by atoms with E-state index in [0.717, 1.165) is 28.0 Å². The molecule has 0 radical (unpaired) electrons. The highest BCUT2D eigenvalue weighted by Gasteiger charge is 2.26. The Hall–Kier alpha value is 0.120. The lowest BCUT2D eigenvalue weighted by Gasteiger charge is -2.35. The van der Waals surface area contributed by atoms with Crippen LogP contribution in [0.25, 0.3) is 0 Å². The number of nitrogens with two attached hydrogens (primary N) is 1. The monoisotopic (exact) mass is 395 g/mol. The minimum Gasteiger partial charge on any atom is -0.451 e. The largest absolute Gasteiger partial charge is 0.451 e. The molecular weight excluding hydrogens is 374 g/mol. The van der Waals surface area contributed by atoms with E-state index >= 15 is 0 Å². The smallest absolute Gasteiger partial charge is 0.183 e. The number of nitrogens with zero attached hydrogens (tertiary/aromatic N) is 2. The molecule has 0 saturated heterocycles. The number of rotatable bonds is 7. The van der Waals surface area contributed by atoms with E-state index in [-0.39, 0.29) is 6.04 Å². The zero-order chi connectivity index (χ0) is 14.6. The Morgan fingerprint density at radius 3 is 2.37 bits per heavy atom. The molecule has 1 rings (SSSR count). The van der Waals surface area contributed by atoms with Crippen LogP contribution >= 0.6 is 31.9 Å². The van der Waals surface area contributed by atoms with Gasteiger partial charge >= 0.3 is 0 Å². The zero-order valence-corrected chi connectivity index (χ0v) is 15.2. The van der Waals surface area contributed by atoms with Gasteiger partial charge in [-0.15, -0.1) is 0 Å². The van der Waals surface area contributed by atoms with Crippen LogP contribution in [0.5, 0.6) is 0 Å². The summed E-state index contributed by atoms with van der Waals surface area (Å²) < 4.78 is 7.39. The van der Waals surface area contributed by atoms with Crippen molar-refractivity contribution in [3.05, 3.63) is 21.0 Å². The zero-order valence-electron chi connectivity index (χ0n) is 12.0. The second-order valence-electron chi connectivity index (χ2n) is 4.96. The van der Waals surface area contributed by atoms with Crippen LogP contribution < -0.4 is 5.73 Å². The van der Waals surface area contributed by atoms with Gasteiger partial charge in [0.2, 0.25) is 0 Å². The molecule has 0 aromatic carbocycles. The second-order valence-corrected chi connectivity index (χ2v) is 6.54. The number of halogens is 2. The van der Waals surface area contributed by atoms with Gasteiger partial charge in [0.15, 0.2) is 4.67 Å². The van der Waals surface area contributed by atoms with E-state index in [2.05, 4.69) is 69.6 Å². The fourth-order valence-corrected chi connectivity index (χ4v) is 3.02. The predicted octanol–water partition coefficient (Wildman–Crippen LogP) is 3.08. The first-order valence-corrected chi connectivity index (χ1v) is 8.04. The van der Waals surface area contributed by atoms with Crippen LogP contribution in [0.2, 0.25) is 0 Å². The van der Waals surface area contributed by atoms with Gasteiger partial charge in [-0.3, -0.25) is 4.90 Å². The van der Waals surface area contributed by atoms with Crippen molar-refractivity contribution in [1.29, 1.82) is 0 Å². The third-order valence-corrected chi connectivity index (χ3v) is 4.89. The van der Waals surface area contributed by atoms with Crippen molar-refractivity contribution in [2.45, 2.75) is 25.9 Å². The molecule has 110 valence electrons. The lowest BCUT2D eigenvalue weighted by atomic mass is 10.1. The van der Waals surface area contributed by atoms with Crippen molar-refractivity contribution in [3.8, 4) is 0 Å². The van der Waals surface area contributed by atoms with Gasteiger partial charge in [-0.1, -0.05) is 6.92 Å². The molecule has 0 spiro atoms. The van der Waals surface area contributed by atoms with Gasteiger partial charge in [0.1, 0.15) is 5.76 Å². The van der Waals surface area contributed by atoms with E-state index in [0.29, 0.717) is 12.6 Å². The maximum Gasteiger partial charge on any atom is 0.183 e. The number of hydrogen-bond donors (Lipinski definition) is 1. The van der Waals surface area contributed by atoms with Crippen molar-refractivity contribution < 1.29 is 4.42 Å². The van der Waals surface area contributed by atoms with Gasteiger partial charge in [-0.25, -0.2) is 0 Å². The average Bonchev–Trinajstić information content (AvgIpc) is 2.64. The topological polar surface area (TPSA) is 45.6 Å². The van der Waals surface area contributed by atoms with Crippen LogP contribution in [0.1, 0.15) is 25.6 Å². The van der Waals surface area contributed by atoms with Gasteiger partial charge in [-0.05, 0) is 65.5 Å². The third-order valence-electron chi connectivity index (χ3n) is 3.18. The Morgan fingerprint density at radius 2 is 2.00 bits per heavy atom. The van der Waals surface area contributed by atoms with Crippen LogP contribution in [-0.4, -0.2) is 49.6 Å². The lowest BCUT2D eigenvalue weighted by Crippen LogP contribution is -2.44. The summed E-state index contributed by atoms with van der Waals surface area (Å²) >= 11 is 6.83. The highest BCUT2D eigenvalue weighted by atomic mass is 79.9. The molecule has 1 aromatic heterocycles. The van der Waals surface area contributed by atoms with E-state index in [1.165, 1.54) is 0 Å². The van der Waals surface area contributed by atoms with E-state index in [9.17, 15) is 0 Å². The van der Waals surface area contributed by atoms with Crippen LogP contribution in [0.3, 0.4) is 0 Å². The molecule has 0 aliphatic carbocycles. The van der Waals surface area contributed by atoms with Crippen LogP contribution in [0.4, 0.5) is 0 Å². The first kappa shape index (κ1) is 17.2. The summed E-state index contributed by atoms with van der Waals surface area (Å²) in [6, 6.07) is 2.51. The van der Waals surface area contributed by atoms with Gasteiger partial charge in [0.05, 0.1) is 10.5 Å². The minimum atomic E-state index is 0.0996. The molecule has 2 unspecified atom stereocenters. The molecule has 0 bridgehead atoms. The molecule has 0 saturated carbocycles. The molecule has 2 N–H and O–H groups in total. The molecule has 6 heteroatoms. The molecule has 1 aromatic rings. The standard InChI is InChI=1S/C13H23Br2N3O/c1-5-18(9(2)8-17(3)4)11(7-16)12-6-10(14)13(15)19-12/h6,9,11H,5,7-8,16H2,1-4H3. The van der Waals surface area contributed by atoms with Crippen molar-refractivity contribution in [2.24, 2.45) is 5.73 Å². The third kappa shape index (κ3) is 4.56. The summed E-state index contributed by atoms with van der Waals surface area (Å²) in [5.41, 5.74) is 5.96. The summed E-state index contributed by atoms with van der Waals surface area (Å²) in [7, 11) is 4.17. The summed E-state index contributed by atoms with van der Waals surface area (Å²) in [4.78, 5) is 4.56. The minimum absolute atomic E-state index is 0.0996. The Bertz CT molecular complexity index is 376. The van der Waals surface area contributed by atoms with Crippen LogP contribution in [0.15, 0.2) is 19.6 Å². The van der Waals surface area contributed by atoms with Gasteiger partial charge in [0, 0.05) is 19.1 Å². The summed E-state index contributed by atoms with van der Waals surface area (Å²) in [5, 5.41) is 0. The summed E-state index contributed by atoms with van der Waals surface area (Å²) in [5.74, 6) is 0.897. The Labute approximate surface area is 132 Å². The van der Waals surface area contributed by atoms with E-state index in [1.807, 2.05) is 6.07 Å². The molecule has 0 aliphatic rings. The predicted molar refractivity (Wildman–Crippen MR) is 86.3 cm³/mol. The fraction of sp³-hybridized carbons (Fsp3) is 0.692. The Morgan fingerprint density at radius 1 is 1.37 bits per heavy atom. The summed E-state index contributed by atoms with van der Waals surface area (Å²) in [6.45, 7) is 6.85. The highest BCUT2D eigenvalue weighted by Crippen LogP contribution is 2.32. The van der Waals surface area contributed by atoms with E-state index in [1.54, 1.807) is 0 Å². The molecule has 2 atom stereocenters. The molecule has 0 amide bonds. The SMILES string of the molecule is CCN(C(C)CN(C)C)C(CN)c1cc(Br)c(Br)o1. The quantitative estimate of drug-likeness (QED) is 0.769. The maximum absolute atomic E-state index is 5.96. The molecule has 4 nitrogen and oxygen atoms in total. The van der Waals surface area contributed by atoms with Crippen molar-refractivity contribution in [3.63, 3.8) is 0 Å². The van der Waals surface area contributed by atoms with Gasteiger partial charge in [-0.2, -0.15) is 0 Å². The lowest BCUT2D eigenvalue weighted by molar-refractivity contribution is 0.116. The second kappa shape index (κ2) is 7.78. The molecule has 1 heterocycles. The van der Waals surface area contributed by atoms with Gasteiger partial charge < -0.3 is 15.1 Å². The maximum atomic E-state index is 5.96. The molecule has 0 aliphatic heterocycles. The first-order valence-electron chi connectivity index (χ1n) is 6.45. The summed E-state index contributed by atoms with van der Waals surface area (Å²) in [6.07, 6.45) is 0. The number of furan rings is 1. The Kier molecular flexibility index (Phi) is 7.04. The first-order chi connectivity index (χ1) is 8.90. The fourth-order valence-electron chi connectivity index (χ4n) is 2.42. The van der Waals surface area contributed by atoms with Gasteiger partial charge in [0.25, 0.3) is 0 Å². The molecule has 0 fully saturated rings. The molecule has 19 heavy (non-hydrogen) atoms. The van der Waals surface area contributed by atoms with Crippen molar-refractivity contribution in [1.82, 2.24) is 9.80 Å². The van der Waals surface area contributed by atoms with Crippen LogP contribution in [-0.2, 0) is 0 Å². The normalized spacial score (nSPS) is 15.2. The van der Waals surface area contributed by atoms with E-state index in [4.69, 9.17) is 10.2 Å². The highest BCUT2D eigenvalue weighted by molar-refractivity contribution is 9.13. The Balaban J connectivity index is 2.92.